The summed E-state index contributed by atoms with van der Waals surface area (Å²) in [7, 11) is 0. The summed E-state index contributed by atoms with van der Waals surface area (Å²) in [4.78, 5) is 32.7. The number of nitrogens with one attached hydrogen (secondary N) is 1. The van der Waals surface area contributed by atoms with Crippen LogP contribution >= 0.6 is 22.7 Å². The number of likely N-dealkylation sites (tertiary alicyclic amines) is 1. The molecule has 0 aromatic carbocycles. The molecule has 146 valence electrons. The number of thiophene rings is 1. The van der Waals surface area contributed by atoms with E-state index in [2.05, 4.69) is 30.2 Å². The number of aromatic nitrogens is 1. The molecule has 0 unspecified atom stereocenters. The predicted molar refractivity (Wildman–Crippen MR) is 111 cm³/mol. The molecule has 1 fully saturated rings. The lowest BCUT2D eigenvalue weighted by atomic mass is 9.93. The van der Waals surface area contributed by atoms with Gasteiger partial charge in [0, 0.05) is 30.3 Å². The smallest absolute Gasteiger partial charge is 0.225 e. The van der Waals surface area contributed by atoms with Crippen molar-refractivity contribution in [1.82, 2.24) is 15.2 Å². The summed E-state index contributed by atoms with van der Waals surface area (Å²) in [5.74, 6) is 0.446. The van der Waals surface area contributed by atoms with Crippen LogP contribution in [0.15, 0.2) is 22.9 Å². The first-order valence-corrected chi connectivity index (χ1v) is 11.4. The van der Waals surface area contributed by atoms with Gasteiger partial charge in [-0.3, -0.25) is 9.59 Å². The number of thiazole rings is 1. The van der Waals surface area contributed by atoms with E-state index in [1.54, 1.807) is 22.7 Å². The summed E-state index contributed by atoms with van der Waals surface area (Å²) in [5.41, 5.74) is 0.901. The standard InChI is InChI=1S/C20H27N3O2S2/c1-3-14(4-2)20(25)23-9-7-15(8-10-23)18(24)21-12-16-13-27-19(22-16)17-6-5-11-26-17/h5-6,11,13-15H,3-4,7-10,12H2,1-2H3,(H,21,24). The van der Waals surface area contributed by atoms with Crippen molar-refractivity contribution in [1.29, 1.82) is 0 Å². The van der Waals surface area contributed by atoms with Gasteiger partial charge in [0.25, 0.3) is 0 Å². The Morgan fingerprint density at radius 1 is 1.26 bits per heavy atom. The van der Waals surface area contributed by atoms with Crippen LogP contribution in [-0.2, 0) is 16.1 Å². The van der Waals surface area contributed by atoms with Gasteiger partial charge in [0.15, 0.2) is 0 Å². The van der Waals surface area contributed by atoms with Gasteiger partial charge in [0.2, 0.25) is 11.8 Å². The molecule has 3 heterocycles. The SMILES string of the molecule is CCC(CC)C(=O)N1CCC(C(=O)NCc2csc(-c3cccs3)n2)CC1. The van der Waals surface area contributed by atoms with Crippen LogP contribution in [0.25, 0.3) is 9.88 Å². The Labute approximate surface area is 168 Å². The Morgan fingerprint density at radius 2 is 2.00 bits per heavy atom. The molecule has 1 aliphatic rings. The van der Waals surface area contributed by atoms with Crippen LogP contribution < -0.4 is 5.32 Å². The van der Waals surface area contributed by atoms with Crippen molar-refractivity contribution in [2.45, 2.75) is 46.1 Å². The largest absolute Gasteiger partial charge is 0.350 e. The normalized spacial score (nSPS) is 15.3. The van der Waals surface area contributed by atoms with Crippen molar-refractivity contribution in [3.05, 3.63) is 28.6 Å². The fourth-order valence-corrected chi connectivity index (χ4v) is 5.12. The van der Waals surface area contributed by atoms with E-state index >= 15 is 0 Å². The number of carbonyl (C=O) groups excluding carboxylic acids is 2. The van der Waals surface area contributed by atoms with E-state index in [0.29, 0.717) is 19.6 Å². The summed E-state index contributed by atoms with van der Waals surface area (Å²) in [6.45, 7) is 5.97. The minimum absolute atomic E-state index is 0.00819. The third-order valence-electron chi connectivity index (χ3n) is 5.24. The number of piperidine rings is 1. The molecule has 1 saturated heterocycles. The maximum absolute atomic E-state index is 12.5. The fourth-order valence-electron chi connectivity index (χ4n) is 3.48. The Morgan fingerprint density at radius 3 is 2.63 bits per heavy atom. The van der Waals surface area contributed by atoms with E-state index in [1.807, 2.05) is 21.7 Å². The van der Waals surface area contributed by atoms with Gasteiger partial charge in [-0.15, -0.1) is 22.7 Å². The van der Waals surface area contributed by atoms with Crippen molar-refractivity contribution < 1.29 is 9.59 Å². The molecular weight excluding hydrogens is 378 g/mol. The van der Waals surface area contributed by atoms with E-state index in [0.717, 1.165) is 41.3 Å². The molecule has 1 N–H and O–H groups in total. The molecule has 0 atom stereocenters. The number of hydrogen-bond donors (Lipinski definition) is 1. The highest BCUT2D eigenvalue weighted by molar-refractivity contribution is 7.20. The zero-order valence-electron chi connectivity index (χ0n) is 15.9. The Kier molecular flexibility index (Phi) is 7.01. The molecule has 0 radical (unpaired) electrons. The van der Waals surface area contributed by atoms with Crippen molar-refractivity contribution in [2.24, 2.45) is 11.8 Å². The lowest BCUT2D eigenvalue weighted by Crippen LogP contribution is -2.44. The molecule has 0 bridgehead atoms. The van der Waals surface area contributed by atoms with Gasteiger partial charge in [-0.1, -0.05) is 19.9 Å². The van der Waals surface area contributed by atoms with Crippen molar-refractivity contribution in [2.75, 3.05) is 13.1 Å². The van der Waals surface area contributed by atoms with Crippen LogP contribution in [0.2, 0.25) is 0 Å². The summed E-state index contributed by atoms with van der Waals surface area (Å²) in [6.07, 6.45) is 3.26. The highest BCUT2D eigenvalue weighted by atomic mass is 32.1. The quantitative estimate of drug-likeness (QED) is 0.752. The fraction of sp³-hybridized carbons (Fsp3) is 0.550. The van der Waals surface area contributed by atoms with Crippen molar-refractivity contribution >= 4 is 34.5 Å². The number of hydrogen-bond acceptors (Lipinski definition) is 5. The monoisotopic (exact) mass is 405 g/mol. The second-order valence-electron chi connectivity index (χ2n) is 6.95. The third-order valence-corrected chi connectivity index (χ3v) is 7.17. The summed E-state index contributed by atoms with van der Waals surface area (Å²) < 4.78 is 0. The lowest BCUT2D eigenvalue weighted by molar-refractivity contribution is -0.139. The Hall–Kier alpha value is -1.73. The molecule has 2 aromatic rings. The van der Waals surface area contributed by atoms with E-state index in [9.17, 15) is 9.59 Å². The lowest BCUT2D eigenvalue weighted by Gasteiger charge is -2.33. The van der Waals surface area contributed by atoms with Crippen LogP contribution in [0.1, 0.15) is 45.2 Å². The number of amides is 2. The molecule has 0 saturated carbocycles. The van der Waals surface area contributed by atoms with Crippen molar-refractivity contribution in [3.8, 4) is 9.88 Å². The molecule has 2 amide bonds. The average Bonchev–Trinajstić information content (AvgIpc) is 3.38. The zero-order valence-corrected chi connectivity index (χ0v) is 17.6. The van der Waals surface area contributed by atoms with Crippen molar-refractivity contribution in [3.63, 3.8) is 0 Å². The molecule has 7 heteroatoms. The van der Waals surface area contributed by atoms with Gasteiger partial charge in [0.1, 0.15) is 5.01 Å². The highest BCUT2D eigenvalue weighted by Crippen LogP contribution is 2.28. The molecular formula is C20H27N3O2S2. The zero-order chi connectivity index (χ0) is 19.2. The van der Waals surface area contributed by atoms with Crippen LogP contribution in [0, 0.1) is 11.8 Å². The van der Waals surface area contributed by atoms with Crippen LogP contribution in [-0.4, -0.2) is 34.8 Å². The van der Waals surface area contributed by atoms with Crippen LogP contribution in [0.3, 0.4) is 0 Å². The first-order valence-electron chi connectivity index (χ1n) is 9.67. The van der Waals surface area contributed by atoms with Gasteiger partial charge in [-0.2, -0.15) is 0 Å². The maximum atomic E-state index is 12.5. The predicted octanol–water partition coefficient (Wildman–Crippen LogP) is 4.16. The molecule has 5 nitrogen and oxygen atoms in total. The number of carbonyl (C=O) groups is 2. The Bertz CT molecular complexity index is 745. The second-order valence-corrected chi connectivity index (χ2v) is 8.76. The average molecular weight is 406 g/mol. The molecule has 27 heavy (non-hydrogen) atoms. The van der Waals surface area contributed by atoms with Gasteiger partial charge in [0.05, 0.1) is 17.1 Å². The molecule has 1 aliphatic heterocycles. The summed E-state index contributed by atoms with van der Waals surface area (Å²) in [6, 6.07) is 4.08. The number of nitrogens with zero attached hydrogens (tertiary/aromatic N) is 2. The minimum atomic E-state index is -0.00819. The maximum Gasteiger partial charge on any atom is 0.225 e. The Balaban J connectivity index is 1.45. The first kappa shape index (κ1) is 20.0. The molecule has 3 rings (SSSR count). The highest BCUT2D eigenvalue weighted by Gasteiger charge is 2.29. The molecule has 0 aliphatic carbocycles. The number of rotatable bonds is 7. The summed E-state index contributed by atoms with van der Waals surface area (Å²) in [5, 5.41) is 8.07. The molecule has 2 aromatic heterocycles. The second kappa shape index (κ2) is 9.46. The van der Waals surface area contributed by atoms with E-state index in [4.69, 9.17) is 0 Å². The summed E-state index contributed by atoms with van der Waals surface area (Å²) >= 11 is 3.28. The van der Waals surface area contributed by atoms with Gasteiger partial charge < -0.3 is 10.2 Å². The van der Waals surface area contributed by atoms with Crippen LogP contribution in [0.4, 0.5) is 0 Å². The van der Waals surface area contributed by atoms with E-state index in [-0.39, 0.29) is 23.7 Å². The molecule has 0 spiro atoms. The third kappa shape index (κ3) is 4.96. The van der Waals surface area contributed by atoms with Gasteiger partial charge >= 0.3 is 0 Å². The topological polar surface area (TPSA) is 62.3 Å². The van der Waals surface area contributed by atoms with E-state index in [1.165, 1.54) is 0 Å². The van der Waals surface area contributed by atoms with Gasteiger partial charge in [-0.05, 0) is 37.1 Å². The van der Waals surface area contributed by atoms with Gasteiger partial charge in [-0.25, -0.2) is 4.98 Å². The van der Waals surface area contributed by atoms with Crippen LogP contribution in [0.5, 0.6) is 0 Å². The minimum Gasteiger partial charge on any atom is -0.350 e. The van der Waals surface area contributed by atoms with E-state index < -0.39 is 0 Å². The first-order chi connectivity index (χ1) is 13.1.